The molecule has 0 radical (unpaired) electrons. The Balaban J connectivity index is 1.75. The van der Waals surface area contributed by atoms with Crippen molar-refractivity contribution in [3.8, 4) is 0 Å². The quantitative estimate of drug-likeness (QED) is 0.691. The molecular formula is C11H16N2O2. The van der Waals surface area contributed by atoms with E-state index in [-0.39, 0.29) is 0 Å². The minimum atomic E-state index is 0.438. The molecule has 15 heavy (non-hydrogen) atoms. The Morgan fingerprint density at radius 2 is 2.60 bits per heavy atom. The van der Waals surface area contributed by atoms with Crippen molar-refractivity contribution >= 4 is 6.29 Å². The summed E-state index contributed by atoms with van der Waals surface area (Å²) in [6.07, 6.45) is 9.24. The zero-order valence-electron chi connectivity index (χ0n) is 8.76. The molecule has 1 fully saturated rings. The largest absolute Gasteiger partial charge is 0.378 e. The molecule has 0 N–H and O–H groups in total. The fourth-order valence-corrected chi connectivity index (χ4v) is 1.99. The van der Waals surface area contributed by atoms with Gasteiger partial charge in [-0.15, -0.1) is 0 Å². The molecule has 1 atom stereocenters. The van der Waals surface area contributed by atoms with E-state index in [1.165, 1.54) is 12.8 Å². The minimum absolute atomic E-state index is 0.438. The lowest BCUT2D eigenvalue weighted by molar-refractivity contribution is 0.101. The number of rotatable bonds is 5. The zero-order chi connectivity index (χ0) is 10.5. The summed E-state index contributed by atoms with van der Waals surface area (Å²) < 4.78 is 7.43. The van der Waals surface area contributed by atoms with Gasteiger partial charge in [0.05, 0.1) is 6.10 Å². The molecule has 4 heteroatoms. The van der Waals surface area contributed by atoms with Gasteiger partial charge in [0.25, 0.3) is 0 Å². The van der Waals surface area contributed by atoms with Gasteiger partial charge in [-0.2, -0.15) is 0 Å². The summed E-state index contributed by atoms with van der Waals surface area (Å²) in [5, 5.41) is 0. The van der Waals surface area contributed by atoms with Gasteiger partial charge in [0, 0.05) is 25.5 Å². The van der Waals surface area contributed by atoms with E-state index in [9.17, 15) is 4.79 Å². The van der Waals surface area contributed by atoms with Crippen molar-refractivity contribution in [1.29, 1.82) is 0 Å². The van der Waals surface area contributed by atoms with Crippen molar-refractivity contribution in [2.24, 2.45) is 0 Å². The highest BCUT2D eigenvalue weighted by Gasteiger charge is 2.14. The Hall–Kier alpha value is -1.16. The van der Waals surface area contributed by atoms with Gasteiger partial charge in [0.1, 0.15) is 0 Å². The van der Waals surface area contributed by atoms with Gasteiger partial charge >= 0.3 is 0 Å². The normalized spacial score (nSPS) is 20.7. The fourth-order valence-electron chi connectivity index (χ4n) is 1.99. The summed E-state index contributed by atoms with van der Waals surface area (Å²) in [5.74, 6) is 0.516. The topological polar surface area (TPSA) is 44.1 Å². The Morgan fingerprint density at radius 3 is 3.33 bits per heavy atom. The van der Waals surface area contributed by atoms with Crippen LogP contribution in [0.3, 0.4) is 0 Å². The van der Waals surface area contributed by atoms with E-state index in [0.717, 1.165) is 32.3 Å². The van der Waals surface area contributed by atoms with Crippen LogP contribution in [0.15, 0.2) is 12.4 Å². The maximum Gasteiger partial charge on any atom is 0.185 e. The fraction of sp³-hybridized carbons (Fsp3) is 0.636. The van der Waals surface area contributed by atoms with Crippen LogP contribution in [0.4, 0.5) is 0 Å². The van der Waals surface area contributed by atoms with E-state index in [1.54, 1.807) is 6.20 Å². The molecule has 4 nitrogen and oxygen atoms in total. The molecule has 1 aliphatic heterocycles. The standard InChI is InChI=1S/C11H16N2O2/c14-9-11-12-5-7-13(11)6-1-3-10-4-2-8-15-10/h5,7,9-10H,1-4,6,8H2. The van der Waals surface area contributed by atoms with Crippen molar-refractivity contribution in [3.63, 3.8) is 0 Å². The van der Waals surface area contributed by atoms with E-state index >= 15 is 0 Å². The van der Waals surface area contributed by atoms with Crippen LogP contribution in [0.1, 0.15) is 36.3 Å². The summed E-state index contributed by atoms with van der Waals surface area (Å²) in [5.41, 5.74) is 0. The van der Waals surface area contributed by atoms with Crippen molar-refractivity contribution in [3.05, 3.63) is 18.2 Å². The lowest BCUT2D eigenvalue weighted by Crippen LogP contribution is -2.08. The Kier molecular flexibility index (Phi) is 3.50. The predicted octanol–water partition coefficient (Wildman–Crippen LogP) is 1.65. The van der Waals surface area contributed by atoms with Gasteiger partial charge in [0.15, 0.2) is 12.1 Å². The molecule has 1 aliphatic rings. The van der Waals surface area contributed by atoms with E-state index in [4.69, 9.17) is 4.74 Å². The van der Waals surface area contributed by atoms with Crippen molar-refractivity contribution in [2.75, 3.05) is 6.61 Å². The summed E-state index contributed by atoms with van der Waals surface area (Å²) >= 11 is 0. The molecular weight excluding hydrogens is 192 g/mol. The minimum Gasteiger partial charge on any atom is -0.378 e. The number of hydrogen-bond acceptors (Lipinski definition) is 3. The zero-order valence-corrected chi connectivity index (χ0v) is 8.76. The van der Waals surface area contributed by atoms with Gasteiger partial charge in [-0.25, -0.2) is 4.98 Å². The second-order valence-electron chi connectivity index (χ2n) is 3.87. The lowest BCUT2D eigenvalue weighted by atomic mass is 10.1. The first-order valence-corrected chi connectivity index (χ1v) is 5.48. The molecule has 0 saturated carbocycles. The molecule has 0 aromatic carbocycles. The van der Waals surface area contributed by atoms with Crippen LogP contribution in [0, 0.1) is 0 Å². The summed E-state index contributed by atoms with van der Waals surface area (Å²) in [6.45, 7) is 1.77. The summed E-state index contributed by atoms with van der Waals surface area (Å²) in [6, 6.07) is 0. The predicted molar refractivity (Wildman–Crippen MR) is 55.8 cm³/mol. The second kappa shape index (κ2) is 5.07. The van der Waals surface area contributed by atoms with Crippen LogP contribution in [-0.2, 0) is 11.3 Å². The first-order chi connectivity index (χ1) is 7.40. The Morgan fingerprint density at radius 1 is 1.67 bits per heavy atom. The number of nitrogens with zero attached hydrogens (tertiary/aromatic N) is 2. The van der Waals surface area contributed by atoms with E-state index in [0.29, 0.717) is 11.9 Å². The first-order valence-electron chi connectivity index (χ1n) is 5.48. The SMILES string of the molecule is O=Cc1nccn1CCCC1CCCO1. The highest BCUT2D eigenvalue weighted by molar-refractivity contribution is 5.69. The van der Waals surface area contributed by atoms with Gasteiger partial charge < -0.3 is 9.30 Å². The second-order valence-corrected chi connectivity index (χ2v) is 3.87. The average molecular weight is 208 g/mol. The highest BCUT2D eigenvalue weighted by atomic mass is 16.5. The Bertz CT molecular complexity index is 316. The molecule has 2 heterocycles. The summed E-state index contributed by atoms with van der Waals surface area (Å²) in [4.78, 5) is 14.5. The number of carbonyl (C=O) groups excluding carboxylic acids is 1. The van der Waals surface area contributed by atoms with Crippen molar-refractivity contribution in [1.82, 2.24) is 9.55 Å². The number of hydrogen-bond donors (Lipinski definition) is 0. The van der Waals surface area contributed by atoms with Crippen LogP contribution >= 0.6 is 0 Å². The van der Waals surface area contributed by atoms with E-state index in [1.807, 2.05) is 10.8 Å². The van der Waals surface area contributed by atoms with Crippen LogP contribution in [-0.4, -0.2) is 28.5 Å². The molecule has 1 aromatic heterocycles. The van der Waals surface area contributed by atoms with Gasteiger partial charge in [-0.1, -0.05) is 0 Å². The number of carbonyl (C=O) groups is 1. The maximum absolute atomic E-state index is 10.6. The molecule has 1 saturated heterocycles. The molecule has 0 amide bonds. The number of aromatic nitrogens is 2. The van der Waals surface area contributed by atoms with E-state index < -0.39 is 0 Å². The molecule has 0 aliphatic carbocycles. The third-order valence-corrected chi connectivity index (χ3v) is 2.80. The number of ether oxygens (including phenoxy) is 1. The number of imidazole rings is 1. The van der Waals surface area contributed by atoms with Gasteiger partial charge in [-0.3, -0.25) is 4.79 Å². The van der Waals surface area contributed by atoms with Crippen LogP contribution in [0.2, 0.25) is 0 Å². The maximum atomic E-state index is 10.6. The van der Waals surface area contributed by atoms with Gasteiger partial charge in [0.2, 0.25) is 0 Å². The summed E-state index contributed by atoms with van der Waals surface area (Å²) in [7, 11) is 0. The lowest BCUT2D eigenvalue weighted by Gasteiger charge is -2.09. The molecule has 1 aromatic rings. The molecule has 2 rings (SSSR count). The molecule has 0 spiro atoms. The first kappa shape index (κ1) is 10.4. The third-order valence-electron chi connectivity index (χ3n) is 2.80. The van der Waals surface area contributed by atoms with E-state index in [2.05, 4.69) is 4.98 Å². The molecule has 1 unspecified atom stereocenters. The average Bonchev–Trinajstić information content (AvgIpc) is 2.88. The van der Waals surface area contributed by atoms with Gasteiger partial charge in [-0.05, 0) is 25.7 Å². The van der Waals surface area contributed by atoms with Crippen LogP contribution in [0.5, 0.6) is 0 Å². The molecule has 0 bridgehead atoms. The van der Waals surface area contributed by atoms with Crippen LogP contribution < -0.4 is 0 Å². The Labute approximate surface area is 89.3 Å². The van der Waals surface area contributed by atoms with Crippen molar-refractivity contribution in [2.45, 2.75) is 38.3 Å². The molecule has 82 valence electrons. The van der Waals surface area contributed by atoms with Crippen LogP contribution in [0.25, 0.3) is 0 Å². The smallest absolute Gasteiger partial charge is 0.185 e. The third kappa shape index (κ3) is 2.65. The highest BCUT2D eigenvalue weighted by Crippen LogP contribution is 2.17. The number of aryl methyl sites for hydroxylation is 1. The van der Waals surface area contributed by atoms with Crippen molar-refractivity contribution < 1.29 is 9.53 Å². The monoisotopic (exact) mass is 208 g/mol. The number of aldehydes is 1.